The Morgan fingerprint density at radius 2 is 2.03 bits per heavy atom. The lowest BCUT2D eigenvalue weighted by molar-refractivity contribution is -0.131. The van der Waals surface area contributed by atoms with Gasteiger partial charge >= 0.3 is 0 Å². The van der Waals surface area contributed by atoms with E-state index in [4.69, 9.17) is 22.1 Å². The molecule has 2 aliphatic rings. The quantitative estimate of drug-likeness (QED) is 0.462. The van der Waals surface area contributed by atoms with E-state index in [1.807, 2.05) is 6.07 Å². The van der Waals surface area contributed by atoms with Gasteiger partial charge in [-0.3, -0.25) is 9.59 Å². The predicted octanol–water partition coefficient (Wildman–Crippen LogP) is 4.87. The fourth-order valence-electron chi connectivity index (χ4n) is 4.83. The number of nitrogens with zero attached hydrogens (tertiary/aromatic N) is 3. The van der Waals surface area contributed by atoms with Crippen molar-refractivity contribution in [3.63, 3.8) is 0 Å². The number of hydrogen-bond acceptors (Lipinski definition) is 6. The second kappa shape index (κ2) is 9.28. The number of carbonyl (C=O) groups is 2. The Morgan fingerprint density at radius 1 is 1.27 bits per heavy atom. The van der Waals surface area contributed by atoms with Gasteiger partial charge in [0.25, 0.3) is 11.8 Å². The topological polar surface area (TPSA) is 99.7 Å². The number of halogens is 4. The zero-order valence-corrected chi connectivity index (χ0v) is 20.7. The SMILES string of the molecule is C=C(F)C(=O)N1CCN2C(=O)c3cc(F)c(-c4ccc(F)c5sc(N)c(C#N)c45)c(Cl)c3OCC[C@H]2C1. The van der Waals surface area contributed by atoms with Gasteiger partial charge in [0.2, 0.25) is 0 Å². The standard InChI is InChI=1S/C25H18ClF3N4O3S/c1-11(27)24(34)32-5-6-33-12(10-32)4-7-36-21-14(25(33)35)8-17(29)19(20(21)26)13-2-3-16(28)22-18(13)15(9-30)23(31)37-22/h2-3,8,12H,1,4-7,10,31H2/t12-/m0/s1. The summed E-state index contributed by atoms with van der Waals surface area (Å²) in [5.74, 6) is -4.02. The number of rotatable bonds is 2. The van der Waals surface area contributed by atoms with Gasteiger partial charge in [0.15, 0.2) is 11.6 Å². The van der Waals surface area contributed by atoms with Crippen molar-refractivity contribution in [3.8, 4) is 22.9 Å². The summed E-state index contributed by atoms with van der Waals surface area (Å²) in [6, 6.07) is 4.88. The molecule has 5 rings (SSSR count). The molecule has 1 aromatic heterocycles. The minimum absolute atomic E-state index is 0.0000693. The van der Waals surface area contributed by atoms with Crippen molar-refractivity contribution >= 4 is 49.8 Å². The minimum atomic E-state index is -1.09. The van der Waals surface area contributed by atoms with Crippen LogP contribution in [0.2, 0.25) is 5.02 Å². The second-order valence-corrected chi connectivity index (χ2v) is 10.1. The number of nitrogens with two attached hydrogens (primary N) is 1. The van der Waals surface area contributed by atoms with E-state index in [0.717, 1.165) is 23.5 Å². The lowest BCUT2D eigenvalue weighted by Gasteiger charge is -2.42. The van der Waals surface area contributed by atoms with E-state index in [9.17, 15) is 23.6 Å². The molecule has 37 heavy (non-hydrogen) atoms. The molecule has 1 atom stereocenters. The largest absolute Gasteiger partial charge is 0.491 e. The number of carbonyl (C=O) groups excluding carboxylic acids is 2. The van der Waals surface area contributed by atoms with Crippen molar-refractivity contribution in [1.82, 2.24) is 9.80 Å². The fraction of sp³-hybridized carbons (Fsp3) is 0.240. The van der Waals surface area contributed by atoms with Crippen LogP contribution in [0, 0.1) is 23.0 Å². The summed E-state index contributed by atoms with van der Waals surface area (Å²) in [6.45, 7) is 3.36. The number of benzene rings is 2. The number of amides is 2. The molecule has 3 aromatic rings. The highest BCUT2D eigenvalue weighted by molar-refractivity contribution is 7.23. The van der Waals surface area contributed by atoms with Crippen LogP contribution in [0.4, 0.5) is 18.2 Å². The molecule has 0 saturated carbocycles. The highest BCUT2D eigenvalue weighted by Gasteiger charge is 2.37. The normalized spacial score (nSPS) is 17.4. The number of ether oxygens (including phenoxy) is 1. The maximum Gasteiger partial charge on any atom is 0.282 e. The van der Waals surface area contributed by atoms with Gasteiger partial charge < -0.3 is 20.3 Å². The van der Waals surface area contributed by atoms with E-state index < -0.39 is 35.3 Å². The molecule has 2 aromatic carbocycles. The molecule has 0 unspecified atom stereocenters. The Morgan fingerprint density at radius 3 is 2.73 bits per heavy atom. The third-order valence-electron chi connectivity index (χ3n) is 6.56. The molecule has 1 saturated heterocycles. The Labute approximate surface area is 218 Å². The van der Waals surface area contributed by atoms with Gasteiger partial charge in [-0.15, -0.1) is 11.3 Å². The summed E-state index contributed by atoms with van der Waals surface area (Å²) in [7, 11) is 0. The first kappa shape index (κ1) is 24.9. The van der Waals surface area contributed by atoms with Crippen LogP contribution in [-0.2, 0) is 4.79 Å². The molecule has 2 aliphatic heterocycles. The minimum Gasteiger partial charge on any atom is -0.491 e. The monoisotopic (exact) mass is 546 g/mol. The third kappa shape index (κ3) is 3.97. The van der Waals surface area contributed by atoms with Gasteiger partial charge in [0.1, 0.15) is 22.7 Å². The number of nitriles is 1. The molecule has 0 aliphatic carbocycles. The van der Waals surface area contributed by atoms with Crippen molar-refractivity contribution in [2.75, 3.05) is 32.0 Å². The maximum atomic E-state index is 15.7. The van der Waals surface area contributed by atoms with E-state index in [-0.39, 0.29) is 74.4 Å². The van der Waals surface area contributed by atoms with E-state index in [2.05, 4.69) is 6.58 Å². The molecule has 2 amide bonds. The molecule has 1 fully saturated rings. The Hall–Kier alpha value is -3.75. The number of anilines is 1. The first-order valence-corrected chi connectivity index (χ1v) is 12.3. The first-order valence-electron chi connectivity index (χ1n) is 11.1. The van der Waals surface area contributed by atoms with Crippen LogP contribution in [0.25, 0.3) is 21.2 Å². The molecule has 3 heterocycles. The van der Waals surface area contributed by atoms with Crippen LogP contribution < -0.4 is 10.5 Å². The van der Waals surface area contributed by atoms with Gasteiger partial charge in [-0.25, -0.2) is 13.2 Å². The van der Waals surface area contributed by atoms with Crippen LogP contribution in [0.3, 0.4) is 0 Å². The average Bonchev–Trinajstić information content (AvgIpc) is 3.21. The lowest BCUT2D eigenvalue weighted by atomic mass is 9.95. The van der Waals surface area contributed by atoms with E-state index in [1.165, 1.54) is 15.9 Å². The van der Waals surface area contributed by atoms with Gasteiger partial charge in [-0.2, -0.15) is 5.26 Å². The van der Waals surface area contributed by atoms with Crippen LogP contribution in [-0.4, -0.2) is 53.9 Å². The second-order valence-electron chi connectivity index (χ2n) is 8.62. The highest BCUT2D eigenvalue weighted by atomic mass is 35.5. The highest BCUT2D eigenvalue weighted by Crippen LogP contribution is 2.47. The Balaban J connectivity index is 1.60. The van der Waals surface area contributed by atoms with E-state index in [0.29, 0.717) is 6.42 Å². The summed E-state index contributed by atoms with van der Waals surface area (Å²) in [4.78, 5) is 28.3. The molecule has 7 nitrogen and oxygen atoms in total. The number of fused-ring (bicyclic) bond motifs is 3. The summed E-state index contributed by atoms with van der Waals surface area (Å²) in [5, 5.41) is 9.60. The van der Waals surface area contributed by atoms with Crippen molar-refractivity contribution in [1.29, 1.82) is 5.26 Å². The van der Waals surface area contributed by atoms with Crippen molar-refractivity contribution in [2.24, 2.45) is 0 Å². The van der Waals surface area contributed by atoms with Gasteiger partial charge in [-0.1, -0.05) is 24.2 Å². The Bertz CT molecular complexity index is 1550. The third-order valence-corrected chi connectivity index (χ3v) is 7.95. The lowest BCUT2D eigenvalue weighted by Crippen LogP contribution is -2.57. The van der Waals surface area contributed by atoms with Gasteiger partial charge in [0, 0.05) is 37.0 Å². The summed E-state index contributed by atoms with van der Waals surface area (Å²) < 4.78 is 49.5. The van der Waals surface area contributed by atoms with E-state index in [1.54, 1.807) is 0 Å². The molecule has 0 radical (unpaired) electrons. The smallest absolute Gasteiger partial charge is 0.282 e. The average molecular weight is 547 g/mol. The molecule has 0 spiro atoms. The number of piperazine rings is 1. The van der Waals surface area contributed by atoms with Crippen LogP contribution >= 0.6 is 22.9 Å². The zero-order valence-electron chi connectivity index (χ0n) is 19.1. The molecule has 2 N–H and O–H groups in total. The Kier molecular flexibility index (Phi) is 6.25. The summed E-state index contributed by atoms with van der Waals surface area (Å²) in [6.07, 6.45) is 0.303. The molecular weight excluding hydrogens is 529 g/mol. The maximum absolute atomic E-state index is 15.7. The molecule has 190 valence electrons. The van der Waals surface area contributed by atoms with Crippen LogP contribution in [0.15, 0.2) is 30.6 Å². The van der Waals surface area contributed by atoms with Crippen molar-refractivity contribution in [2.45, 2.75) is 12.5 Å². The van der Waals surface area contributed by atoms with Gasteiger partial charge in [-0.05, 0) is 17.7 Å². The van der Waals surface area contributed by atoms with Crippen molar-refractivity contribution in [3.05, 3.63) is 58.4 Å². The molecular formula is C25H18ClF3N4O3S. The summed E-state index contributed by atoms with van der Waals surface area (Å²) in [5.41, 5.74) is 5.78. The molecule has 0 bridgehead atoms. The fourth-order valence-corrected chi connectivity index (χ4v) is 6.13. The number of thiophene rings is 1. The van der Waals surface area contributed by atoms with E-state index >= 15 is 4.39 Å². The zero-order chi connectivity index (χ0) is 26.6. The number of nitrogen functional groups attached to an aromatic ring is 1. The number of hydrogen-bond donors (Lipinski definition) is 1. The van der Waals surface area contributed by atoms with Crippen LogP contribution in [0.1, 0.15) is 22.3 Å². The van der Waals surface area contributed by atoms with Gasteiger partial charge in [0.05, 0.1) is 33.5 Å². The predicted molar refractivity (Wildman–Crippen MR) is 133 cm³/mol. The first-order chi connectivity index (χ1) is 17.6. The van der Waals surface area contributed by atoms with Crippen LogP contribution in [0.5, 0.6) is 5.75 Å². The van der Waals surface area contributed by atoms with Crippen molar-refractivity contribution < 1.29 is 27.5 Å². The molecule has 12 heteroatoms. The summed E-state index contributed by atoms with van der Waals surface area (Å²) >= 11 is 7.50.